The monoisotopic (exact) mass is 358 g/mol. The first-order valence-electron chi connectivity index (χ1n) is 9.33. The van der Waals surface area contributed by atoms with Gasteiger partial charge in [0.25, 0.3) is 0 Å². The molecule has 1 aromatic heterocycles. The molecule has 0 unspecified atom stereocenters. The summed E-state index contributed by atoms with van der Waals surface area (Å²) in [5, 5.41) is 12.7. The quantitative estimate of drug-likeness (QED) is 0.816. The smallest absolute Gasteiger partial charge is 0.173 e. The molecule has 1 aliphatic heterocycles. The number of benzene rings is 1. The molecule has 1 atom stereocenters. The fourth-order valence-electron chi connectivity index (χ4n) is 3.49. The summed E-state index contributed by atoms with van der Waals surface area (Å²) in [6.07, 6.45) is 0. The summed E-state index contributed by atoms with van der Waals surface area (Å²) < 4.78 is 7.28. The van der Waals surface area contributed by atoms with Gasteiger partial charge in [-0.2, -0.15) is 0 Å². The number of nitrogens with zero attached hydrogens (tertiary/aromatic N) is 6. The summed E-state index contributed by atoms with van der Waals surface area (Å²) in [4.78, 5) is 4.97. The number of hydrogen-bond donors (Lipinski definition) is 0. The predicted molar refractivity (Wildman–Crippen MR) is 101 cm³/mol. The summed E-state index contributed by atoms with van der Waals surface area (Å²) >= 11 is 0. The van der Waals surface area contributed by atoms with Crippen LogP contribution in [-0.4, -0.2) is 69.8 Å². The predicted octanol–water partition coefficient (Wildman–Crippen LogP) is 2.16. The summed E-state index contributed by atoms with van der Waals surface area (Å²) in [5.41, 5.74) is 1.02. The van der Waals surface area contributed by atoms with Crippen LogP contribution in [0.15, 0.2) is 24.3 Å². The first-order chi connectivity index (χ1) is 12.4. The molecule has 7 nitrogen and oxygen atoms in total. The molecule has 0 radical (unpaired) electrons. The van der Waals surface area contributed by atoms with Crippen LogP contribution in [0.3, 0.4) is 0 Å². The molecule has 1 fully saturated rings. The van der Waals surface area contributed by atoms with Crippen LogP contribution in [0.1, 0.15) is 45.1 Å². The van der Waals surface area contributed by atoms with Crippen molar-refractivity contribution in [3.05, 3.63) is 35.7 Å². The van der Waals surface area contributed by atoms with Crippen molar-refractivity contribution >= 4 is 0 Å². The van der Waals surface area contributed by atoms with Crippen LogP contribution < -0.4 is 4.74 Å². The Balaban J connectivity index is 1.98. The molecule has 0 aliphatic carbocycles. The largest absolute Gasteiger partial charge is 0.497 e. The fourth-order valence-corrected chi connectivity index (χ4v) is 3.49. The molecule has 3 rings (SSSR count). The second-order valence-corrected chi connectivity index (χ2v) is 7.77. The number of piperazine rings is 1. The molecule has 7 heteroatoms. The van der Waals surface area contributed by atoms with Crippen molar-refractivity contribution in [3.63, 3.8) is 0 Å². The van der Waals surface area contributed by atoms with E-state index >= 15 is 0 Å². The van der Waals surface area contributed by atoms with Crippen molar-refractivity contribution in [2.75, 3.05) is 39.8 Å². The lowest BCUT2D eigenvalue weighted by Gasteiger charge is -2.39. The molecule has 0 amide bonds. The number of aromatic nitrogens is 4. The number of methoxy groups -OCH3 is 1. The van der Waals surface area contributed by atoms with E-state index in [1.807, 2.05) is 16.8 Å². The third-order valence-electron chi connectivity index (χ3n) is 5.02. The maximum absolute atomic E-state index is 5.33. The van der Waals surface area contributed by atoms with Gasteiger partial charge in [-0.05, 0) is 55.4 Å². The molecule has 2 heterocycles. The maximum Gasteiger partial charge on any atom is 0.173 e. The van der Waals surface area contributed by atoms with E-state index in [1.54, 1.807) is 7.11 Å². The Labute approximate surface area is 155 Å². The highest BCUT2D eigenvalue weighted by Crippen LogP contribution is 2.31. The van der Waals surface area contributed by atoms with Crippen LogP contribution in [0, 0.1) is 0 Å². The number of tetrazole rings is 1. The van der Waals surface area contributed by atoms with Gasteiger partial charge in [0, 0.05) is 26.2 Å². The standard InChI is InChI=1S/C19H30N6O/c1-6-23-11-13-24(14-12-23)17(15-7-9-16(26-5)10-8-15)18-20-21-22-25(18)19(2,3)4/h7-10,17H,6,11-14H2,1-5H3/t17-/m0/s1. The second kappa shape index (κ2) is 7.72. The van der Waals surface area contributed by atoms with E-state index in [9.17, 15) is 0 Å². The fraction of sp³-hybridized carbons (Fsp3) is 0.632. The molecular weight excluding hydrogens is 328 g/mol. The zero-order chi connectivity index (χ0) is 18.7. The molecule has 0 saturated carbocycles. The van der Waals surface area contributed by atoms with Gasteiger partial charge in [-0.25, -0.2) is 4.68 Å². The second-order valence-electron chi connectivity index (χ2n) is 7.77. The zero-order valence-corrected chi connectivity index (χ0v) is 16.5. The Hall–Kier alpha value is -1.99. The van der Waals surface area contributed by atoms with Crippen molar-refractivity contribution in [1.29, 1.82) is 0 Å². The molecule has 1 aromatic carbocycles. The summed E-state index contributed by atoms with van der Waals surface area (Å²) in [6.45, 7) is 13.9. The minimum atomic E-state index is -0.172. The van der Waals surface area contributed by atoms with Gasteiger partial charge >= 0.3 is 0 Å². The highest BCUT2D eigenvalue weighted by atomic mass is 16.5. The van der Waals surface area contributed by atoms with Crippen molar-refractivity contribution in [2.24, 2.45) is 0 Å². The lowest BCUT2D eigenvalue weighted by molar-refractivity contribution is 0.106. The molecule has 0 bridgehead atoms. The first kappa shape index (κ1) is 18.8. The normalized spacial score (nSPS) is 18.0. The summed E-state index contributed by atoms with van der Waals surface area (Å²) in [6, 6.07) is 8.30. The minimum Gasteiger partial charge on any atom is -0.497 e. The van der Waals surface area contributed by atoms with Crippen LogP contribution in [-0.2, 0) is 5.54 Å². The first-order valence-corrected chi connectivity index (χ1v) is 9.33. The number of ether oxygens (including phenoxy) is 1. The van der Waals surface area contributed by atoms with Gasteiger partial charge in [0.1, 0.15) is 5.75 Å². The van der Waals surface area contributed by atoms with E-state index in [1.165, 1.54) is 5.56 Å². The van der Waals surface area contributed by atoms with Crippen molar-refractivity contribution < 1.29 is 4.74 Å². The Morgan fingerprint density at radius 3 is 2.27 bits per heavy atom. The maximum atomic E-state index is 5.33. The van der Waals surface area contributed by atoms with Crippen LogP contribution in [0.5, 0.6) is 5.75 Å². The molecule has 0 spiro atoms. The van der Waals surface area contributed by atoms with E-state index in [-0.39, 0.29) is 11.6 Å². The van der Waals surface area contributed by atoms with Crippen molar-refractivity contribution in [2.45, 2.75) is 39.3 Å². The van der Waals surface area contributed by atoms with Gasteiger partial charge in [0.05, 0.1) is 18.7 Å². The van der Waals surface area contributed by atoms with Gasteiger partial charge in [-0.1, -0.05) is 19.1 Å². The van der Waals surface area contributed by atoms with Gasteiger partial charge in [0.2, 0.25) is 0 Å². The van der Waals surface area contributed by atoms with Crippen molar-refractivity contribution in [1.82, 2.24) is 30.0 Å². The van der Waals surface area contributed by atoms with E-state index in [0.29, 0.717) is 0 Å². The number of hydrogen-bond acceptors (Lipinski definition) is 6. The van der Waals surface area contributed by atoms with Gasteiger partial charge in [-0.15, -0.1) is 5.10 Å². The third kappa shape index (κ3) is 3.88. The van der Waals surface area contributed by atoms with Gasteiger partial charge in [0.15, 0.2) is 5.82 Å². The Kier molecular flexibility index (Phi) is 5.58. The van der Waals surface area contributed by atoms with E-state index < -0.39 is 0 Å². The highest BCUT2D eigenvalue weighted by Gasteiger charge is 2.32. The van der Waals surface area contributed by atoms with Crippen LogP contribution >= 0.6 is 0 Å². The zero-order valence-electron chi connectivity index (χ0n) is 16.5. The Bertz CT molecular complexity index is 698. The molecule has 1 aliphatic rings. The Morgan fingerprint density at radius 1 is 1.08 bits per heavy atom. The average Bonchev–Trinajstić information content (AvgIpc) is 3.13. The Morgan fingerprint density at radius 2 is 1.73 bits per heavy atom. The van der Waals surface area contributed by atoms with Crippen LogP contribution in [0.4, 0.5) is 0 Å². The number of likely N-dealkylation sites (N-methyl/N-ethyl adjacent to an activating group) is 1. The highest BCUT2D eigenvalue weighted by molar-refractivity contribution is 5.32. The van der Waals surface area contributed by atoms with E-state index in [0.717, 1.165) is 44.3 Å². The van der Waals surface area contributed by atoms with E-state index in [4.69, 9.17) is 4.74 Å². The number of rotatable bonds is 5. The molecular formula is C19H30N6O. The lowest BCUT2D eigenvalue weighted by atomic mass is 10.0. The van der Waals surface area contributed by atoms with E-state index in [2.05, 4.69) is 65.2 Å². The third-order valence-corrected chi connectivity index (χ3v) is 5.02. The lowest BCUT2D eigenvalue weighted by Crippen LogP contribution is -2.48. The van der Waals surface area contributed by atoms with Crippen LogP contribution in [0.2, 0.25) is 0 Å². The van der Waals surface area contributed by atoms with Gasteiger partial charge in [-0.3, -0.25) is 4.90 Å². The molecule has 2 aromatic rings. The molecule has 0 N–H and O–H groups in total. The SMILES string of the molecule is CCN1CCN([C@@H](c2ccc(OC)cc2)c2nnnn2C(C)(C)C)CC1. The van der Waals surface area contributed by atoms with Crippen molar-refractivity contribution in [3.8, 4) is 5.75 Å². The molecule has 1 saturated heterocycles. The minimum absolute atomic E-state index is 0.0362. The molecule has 26 heavy (non-hydrogen) atoms. The summed E-state index contributed by atoms with van der Waals surface area (Å²) in [5.74, 6) is 1.76. The van der Waals surface area contributed by atoms with Gasteiger partial charge < -0.3 is 9.64 Å². The summed E-state index contributed by atoms with van der Waals surface area (Å²) in [7, 11) is 1.69. The molecule has 142 valence electrons. The van der Waals surface area contributed by atoms with Crippen LogP contribution in [0.25, 0.3) is 0 Å². The average molecular weight is 358 g/mol. The topological polar surface area (TPSA) is 59.3 Å².